The minimum atomic E-state index is -1.40. The standard InChI is InChI=1S/C7H4INO5/c8-4-2-6(10)3(7(11)12)1-5(4)9(13)14/h1-2,10H,(H,11,12). The molecule has 1 aromatic carbocycles. The van der Waals surface area contributed by atoms with Crippen LogP contribution in [0.4, 0.5) is 5.69 Å². The van der Waals surface area contributed by atoms with Gasteiger partial charge in [-0.2, -0.15) is 0 Å². The first-order valence-corrected chi connectivity index (χ1v) is 4.41. The molecular weight excluding hydrogens is 305 g/mol. The Kier molecular flexibility index (Phi) is 2.89. The van der Waals surface area contributed by atoms with E-state index < -0.39 is 22.2 Å². The van der Waals surface area contributed by atoms with E-state index in [2.05, 4.69) is 0 Å². The number of hydrogen-bond acceptors (Lipinski definition) is 4. The summed E-state index contributed by atoms with van der Waals surface area (Å²) in [5.74, 6) is -1.88. The number of carboxylic acid groups (broad SMARTS) is 1. The van der Waals surface area contributed by atoms with E-state index >= 15 is 0 Å². The molecule has 7 heteroatoms. The Bertz CT molecular complexity index is 382. The molecule has 0 saturated carbocycles. The zero-order chi connectivity index (χ0) is 10.9. The highest BCUT2D eigenvalue weighted by atomic mass is 127. The summed E-state index contributed by atoms with van der Waals surface area (Å²) in [5, 5.41) is 28.2. The predicted molar refractivity (Wildman–Crippen MR) is 54.4 cm³/mol. The number of nitro groups is 1. The van der Waals surface area contributed by atoms with Gasteiger partial charge in [0.05, 0.1) is 8.49 Å². The van der Waals surface area contributed by atoms with Crippen LogP contribution in [0.1, 0.15) is 10.4 Å². The predicted octanol–water partition coefficient (Wildman–Crippen LogP) is 1.60. The molecule has 14 heavy (non-hydrogen) atoms. The second-order valence-corrected chi connectivity index (χ2v) is 3.55. The third kappa shape index (κ3) is 1.92. The van der Waals surface area contributed by atoms with Crippen LogP contribution in [0.15, 0.2) is 12.1 Å². The lowest BCUT2D eigenvalue weighted by Gasteiger charge is -2.00. The number of hydrogen-bond donors (Lipinski definition) is 2. The van der Waals surface area contributed by atoms with E-state index in [0.29, 0.717) is 0 Å². The van der Waals surface area contributed by atoms with Gasteiger partial charge >= 0.3 is 5.97 Å². The van der Waals surface area contributed by atoms with Crippen LogP contribution >= 0.6 is 22.6 Å². The van der Waals surface area contributed by atoms with Crippen LogP contribution < -0.4 is 0 Å². The van der Waals surface area contributed by atoms with Crippen molar-refractivity contribution in [2.24, 2.45) is 0 Å². The molecule has 0 heterocycles. The molecule has 1 aromatic rings. The van der Waals surface area contributed by atoms with Crippen molar-refractivity contribution in [2.75, 3.05) is 0 Å². The van der Waals surface area contributed by atoms with Gasteiger partial charge in [-0.25, -0.2) is 4.79 Å². The van der Waals surface area contributed by atoms with Gasteiger partial charge in [-0.1, -0.05) is 0 Å². The molecular formula is C7H4INO5. The van der Waals surface area contributed by atoms with Crippen LogP contribution in [0.5, 0.6) is 5.75 Å². The van der Waals surface area contributed by atoms with Crippen molar-refractivity contribution >= 4 is 34.2 Å². The van der Waals surface area contributed by atoms with Crippen LogP contribution in [-0.2, 0) is 0 Å². The van der Waals surface area contributed by atoms with Gasteiger partial charge < -0.3 is 10.2 Å². The van der Waals surface area contributed by atoms with Crippen molar-refractivity contribution < 1.29 is 19.9 Å². The lowest BCUT2D eigenvalue weighted by atomic mass is 10.2. The Balaban J connectivity index is 3.42. The molecule has 0 atom stereocenters. The Morgan fingerprint density at radius 1 is 1.50 bits per heavy atom. The van der Waals surface area contributed by atoms with E-state index in [1.54, 1.807) is 22.6 Å². The van der Waals surface area contributed by atoms with Gasteiger partial charge in [0.2, 0.25) is 0 Å². The largest absolute Gasteiger partial charge is 0.507 e. The number of aromatic hydroxyl groups is 1. The zero-order valence-electron chi connectivity index (χ0n) is 6.60. The summed E-state index contributed by atoms with van der Waals surface area (Å²) in [6.07, 6.45) is 0. The fourth-order valence-corrected chi connectivity index (χ4v) is 1.51. The van der Waals surface area contributed by atoms with Gasteiger partial charge in [0.25, 0.3) is 5.69 Å². The third-order valence-corrected chi connectivity index (χ3v) is 2.36. The number of rotatable bonds is 2. The van der Waals surface area contributed by atoms with Gasteiger partial charge in [0.1, 0.15) is 11.3 Å². The van der Waals surface area contributed by atoms with Crippen molar-refractivity contribution in [1.29, 1.82) is 0 Å². The molecule has 1 rings (SSSR count). The number of aromatic carboxylic acids is 1. The molecule has 0 aliphatic carbocycles. The topological polar surface area (TPSA) is 101 Å². The van der Waals surface area contributed by atoms with E-state index in [0.717, 1.165) is 12.1 Å². The number of halogens is 1. The minimum Gasteiger partial charge on any atom is -0.507 e. The van der Waals surface area contributed by atoms with Gasteiger partial charge in [-0.3, -0.25) is 10.1 Å². The van der Waals surface area contributed by atoms with E-state index in [4.69, 9.17) is 10.2 Å². The summed E-state index contributed by atoms with van der Waals surface area (Å²) in [5.41, 5.74) is -0.807. The second kappa shape index (κ2) is 3.78. The average molecular weight is 309 g/mol. The Hall–Kier alpha value is -1.38. The fraction of sp³-hybridized carbons (Fsp3) is 0. The van der Waals surface area contributed by atoms with E-state index in [9.17, 15) is 14.9 Å². The van der Waals surface area contributed by atoms with Crippen molar-refractivity contribution in [3.63, 3.8) is 0 Å². The molecule has 0 fully saturated rings. The molecule has 0 radical (unpaired) electrons. The number of phenols is 1. The molecule has 2 N–H and O–H groups in total. The summed E-state index contributed by atoms with van der Waals surface area (Å²) in [6, 6.07) is 1.88. The highest BCUT2D eigenvalue weighted by molar-refractivity contribution is 14.1. The average Bonchev–Trinajstić information content (AvgIpc) is 2.02. The molecule has 6 nitrogen and oxygen atoms in total. The molecule has 0 spiro atoms. The van der Waals surface area contributed by atoms with Gasteiger partial charge in [-0.05, 0) is 22.6 Å². The fourth-order valence-electron chi connectivity index (χ4n) is 0.863. The molecule has 74 valence electrons. The second-order valence-electron chi connectivity index (χ2n) is 2.38. The van der Waals surface area contributed by atoms with Crippen LogP contribution in [0.25, 0.3) is 0 Å². The summed E-state index contributed by atoms with van der Waals surface area (Å²) >= 11 is 1.65. The van der Waals surface area contributed by atoms with Crippen molar-refractivity contribution in [3.05, 3.63) is 31.4 Å². The summed E-state index contributed by atoms with van der Waals surface area (Å²) in [7, 11) is 0. The maximum absolute atomic E-state index is 10.5. The van der Waals surface area contributed by atoms with Crippen LogP contribution in [0.3, 0.4) is 0 Å². The molecule has 0 aliphatic heterocycles. The lowest BCUT2D eigenvalue weighted by Crippen LogP contribution is -2.00. The molecule has 0 unspecified atom stereocenters. The molecule has 0 bridgehead atoms. The first-order chi connectivity index (χ1) is 6.43. The van der Waals surface area contributed by atoms with E-state index in [1.807, 2.05) is 0 Å². The minimum absolute atomic E-state index is 0.190. The maximum atomic E-state index is 10.5. The Labute approximate surface area is 91.5 Å². The van der Waals surface area contributed by atoms with Gasteiger partial charge in [0, 0.05) is 12.1 Å². The molecule has 0 aromatic heterocycles. The van der Waals surface area contributed by atoms with Crippen molar-refractivity contribution in [1.82, 2.24) is 0 Å². The number of nitrogens with zero attached hydrogens (tertiary/aromatic N) is 1. The zero-order valence-corrected chi connectivity index (χ0v) is 8.76. The first kappa shape index (κ1) is 10.7. The quantitative estimate of drug-likeness (QED) is 0.491. The number of carbonyl (C=O) groups is 1. The molecule has 0 aliphatic rings. The highest BCUT2D eigenvalue weighted by Crippen LogP contribution is 2.28. The van der Waals surface area contributed by atoms with Crippen molar-refractivity contribution in [2.45, 2.75) is 0 Å². The van der Waals surface area contributed by atoms with Crippen LogP contribution in [0, 0.1) is 13.7 Å². The Morgan fingerprint density at radius 3 is 2.50 bits per heavy atom. The van der Waals surface area contributed by atoms with E-state index in [-0.39, 0.29) is 9.26 Å². The van der Waals surface area contributed by atoms with E-state index in [1.165, 1.54) is 0 Å². The summed E-state index contributed by atoms with van der Waals surface area (Å²) in [6.45, 7) is 0. The normalized spacial score (nSPS) is 9.79. The SMILES string of the molecule is O=C(O)c1cc([N+](=O)[O-])c(I)cc1O. The molecule has 0 saturated heterocycles. The summed E-state index contributed by atoms with van der Waals surface area (Å²) < 4.78 is 0.190. The van der Waals surface area contributed by atoms with Crippen molar-refractivity contribution in [3.8, 4) is 5.75 Å². The number of nitro benzene ring substituents is 1. The smallest absolute Gasteiger partial charge is 0.339 e. The van der Waals surface area contributed by atoms with Crippen LogP contribution in [-0.4, -0.2) is 21.1 Å². The highest BCUT2D eigenvalue weighted by Gasteiger charge is 2.19. The monoisotopic (exact) mass is 309 g/mol. The number of carboxylic acids is 1. The molecule has 0 amide bonds. The van der Waals surface area contributed by atoms with Gasteiger partial charge in [-0.15, -0.1) is 0 Å². The van der Waals surface area contributed by atoms with Crippen LogP contribution in [0.2, 0.25) is 0 Å². The lowest BCUT2D eigenvalue weighted by molar-refractivity contribution is -0.385. The van der Waals surface area contributed by atoms with Gasteiger partial charge in [0.15, 0.2) is 0 Å². The summed E-state index contributed by atoms with van der Waals surface area (Å²) in [4.78, 5) is 20.3. The Morgan fingerprint density at radius 2 is 2.07 bits per heavy atom. The maximum Gasteiger partial charge on any atom is 0.339 e. The first-order valence-electron chi connectivity index (χ1n) is 3.33. The third-order valence-electron chi connectivity index (χ3n) is 1.49. The number of benzene rings is 1.